The van der Waals surface area contributed by atoms with Gasteiger partial charge in [0.15, 0.2) is 0 Å². The molecule has 8 atom stereocenters. The molecule has 8 heteroatoms. The minimum atomic E-state index is -0.820. The fourth-order valence-corrected chi connectivity index (χ4v) is 7.31. The Labute approximate surface area is 243 Å². The lowest BCUT2D eigenvalue weighted by Crippen LogP contribution is -2.62. The molecule has 3 saturated carbocycles. The van der Waals surface area contributed by atoms with Crippen molar-refractivity contribution in [2.24, 2.45) is 29.1 Å². The van der Waals surface area contributed by atoms with Crippen LogP contribution in [0.5, 0.6) is 0 Å². The third kappa shape index (κ3) is 6.35. The molecular weight excluding hydrogens is 516 g/mol. The van der Waals surface area contributed by atoms with Crippen molar-refractivity contribution in [3.05, 3.63) is 65.5 Å². The molecule has 4 fully saturated rings. The fourth-order valence-electron chi connectivity index (χ4n) is 7.31. The zero-order valence-corrected chi connectivity index (χ0v) is 24.6. The van der Waals surface area contributed by atoms with Crippen LogP contribution in [-0.4, -0.2) is 63.6 Å². The number of benzene rings is 1. The van der Waals surface area contributed by atoms with E-state index in [1.54, 1.807) is 18.2 Å². The van der Waals surface area contributed by atoms with E-state index in [1.807, 2.05) is 42.5 Å². The highest BCUT2D eigenvalue weighted by Crippen LogP contribution is 2.61. The molecule has 2 aromatic rings. The molecule has 2 bridgehead atoms. The minimum Gasteiger partial charge on any atom is -0.394 e. The smallest absolute Gasteiger partial charge is 0.240 e. The summed E-state index contributed by atoms with van der Waals surface area (Å²) in [6, 6.07) is 13.1. The summed E-state index contributed by atoms with van der Waals surface area (Å²) in [6.45, 7) is 9.86. The van der Waals surface area contributed by atoms with Crippen molar-refractivity contribution in [1.82, 2.24) is 20.7 Å². The fraction of sp³-hybridized carbons (Fsp3) is 0.576. The van der Waals surface area contributed by atoms with Crippen LogP contribution in [-0.2, 0) is 22.7 Å². The first-order chi connectivity index (χ1) is 19.7. The van der Waals surface area contributed by atoms with Crippen LogP contribution >= 0.6 is 0 Å². The van der Waals surface area contributed by atoms with E-state index in [9.17, 15) is 15.0 Å². The van der Waals surface area contributed by atoms with E-state index < -0.39 is 24.2 Å². The molecular formula is C33H44N4O4. The van der Waals surface area contributed by atoms with E-state index >= 15 is 0 Å². The molecule has 6 rings (SSSR count). The Morgan fingerprint density at radius 2 is 2.07 bits per heavy atom. The van der Waals surface area contributed by atoms with Crippen molar-refractivity contribution in [3.8, 4) is 11.8 Å². The van der Waals surface area contributed by atoms with Gasteiger partial charge < -0.3 is 20.8 Å². The quantitative estimate of drug-likeness (QED) is 0.276. The number of aliphatic hydroxyl groups is 2. The first-order valence-electron chi connectivity index (χ1n) is 14.9. The number of hydroxylamine groups is 2. The van der Waals surface area contributed by atoms with E-state index in [4.69, 9.17) is 4.84 Å². The monoisotopic (exact) mass is 560 g/mol. The summed E-state index contributed by atoms with van der Waals surface area (Å²) in [5, 5.41) is 29.0. The van der Waals surface area contributed by atoms with E-state index in [2.05, 4.69) is 48.2 Å². The highest BCUT2D eigenvalue weighted by molar-refractivity contribution is 5.82. The molecule has 1 aromatic heterocycles. The van der Waals surface area contributed by atoms with E-state index in [0.717, 1.165) is 23.2 Å². The summed E-state index contributed by atoms with van der Waals surface area (Å²) >= 11 is 0. The van der Waals surface area contributed by atoms with Gasteiger partial charge >= 0.3 is 0 Å². The van der Waals surface area contributed by atoms with E-state index in [-0.39, 0.29) is 18.6 Å². The lowest BCUT2D eigenvalue weighted by atomic mass is 9.45. The number of pyridine rings is 1. The van der Waals surface area contributed by atoms with Crippen molar-refractivity contribution in [3.63, 3.8) is 0 Å². The maximum absolute atomic E-state index is 13.8. The Kier molecular flexibility index (Phi) is 9.12. The largest absolute Gasteiger partial charge is 0.394 e. The summed E-state index contributed by atoms with van der Waals surface area (Å²) in [6.07, 6.45) is 2.51. The molecule has 4 N–H and O–H groups in total. The van der Waals surface area contributed by atoms with Crippen LogP contribution in [0.15, 0.2) is 48.7 Å². The average molecular weight is 561 g/mol. The van der Waals surface area contributed by atoms with E-state index in [1.165, 1.54) is 6.42 Å². The Morgan fingerprint density at radius 1 is 1.24 bits per heavy atom. The first kappa shape index (κ1) is 29.7. The molecule has 0 spiro atoms. The minimum absolute atomic E-state index is 0.105. The van der Waals surface area contributed by atoms with Gasteiger partial charge in [0.2, 0.25) is 5.91 Å². The number of hydrogen-bond acceptors (Lipinski definition) is 7. The molecule has 1 saturated heterocycles. The molecule has 2 heterocycles. The van der Waals surface area contributed by atoms with Gasteiger partial charge in [-0.2, -0.15) is 5.06 Å². The molecule has 0 radical (unpaired) electrons. The number of aliphatic hydroxyl groups excluding tert-OH is 2. The number of amides is 1. The van der Waals surface area contributed by atoms with Crippen molar-refractivity contribution in [1.29, 1.82) is 0 Å². The second-order valence-electron chi connectivity index (χ2n) is 12.7. The topological polar surface area (TPSA) is 107 Å². The third-order valence-corrected chi connectivity index (χ3v) is 9.81. The number of carbonyl (C=O) groups excluding carboxylic acids is 1. The van der Waals surface area contributed by atoms with Crippen molar-refractivity contribution >= 4 is 5.91 Å². The number of nitrogens with one attached hydrogen (secondary N) is 2. The van der Waals surface area contributed by atoms with Gasteiger partial charge in [0.05, 0.1) is 31.5 Å². The van der Waals surface area contributed by atoms with Gasteiger partial charge in [0.1, 0.15) is 12.1 Å². The van der Waals surface area contributed by atoms with Crippen molar-refractivity contribution in [2.45, 2.75) is 77.9 Å². The summed E-state index contributed by atoms with van der Waals surface area (Å²) in [4.78, 5) is 24.2. The van der Waals surface area contributed by atoms with Crippen LogP contribution in [0, 0.1) is 40.9 Å². The van der Waals surface area contributed by atoms with E-state index in [0.29, 0.717) is 42.8 Å². The van der Waals surface area contributed by atoms with Crippen LogP contribution < -0.4 is 10.6 Å². The summed E-state index contributed by atoms with van der Waals surface area (Å²) in [7, 11) is 0. The highest BCUT2D eigenvalue weighted by Gasteiger charge is 2.57. The second-order valence-corrected chi connectivity index (χ2v) is 12.7. The van der Waals surface area contributed by atoms with Crippen molar-refractivity contribution in [2.75, 3.05) is 13.2 Å². The first-order valence-corrected chi connectivity index (χ1v) is 14.9. The standard InChI is InChI=1S/C33H44N4O4/c1-21-27-16-25(33(27,3)4)17-28(21)36-32(40)31-30(22(2)39)29(20-38)41-37(31)19-24-10-7-9-23(15-24)11-8-13-34-18-26-12-5-6-14-35-26/h5-7,9-10,12,14-15,21-22,25,27-31,34,38-39H,13,16-20H2,1-4H3,(H,36,40)/t21-,22?,25+,27+,28-,29-,30?,31-/m0/s1. The van der Waals surface area contributed by atoms with Gasteiger partial charge in [0.25, 0.3) is 0 Å². The third-order valence-electron chi connectivity index (χ3n) is 9.81. The number of aromatic nitrogens is 1. The predicted molar refractivity (Wildman–Crippen MR) is 157 cm³/mol. The molecule has 2 unspecified atom stereocenters. The predicted octanol–water partition coefficient (Wildman–Crippen LogP) is 2.88. The highest BCUT2D eigenvalue weighted by atomic mass is 16.7. The van der Waals surface area contributed by atoms with Crippen LogP contribution in [0.1, 0.15) is 57.4 Å². The van der Waals surface area contributed by atoms with Gasteiger partial charge in [-0.05, 0) is 72.8 Å². The number of carbonyl (C=O) groups is 1. The molecule has 3 aliphatic carbocycles. The Morgan fingerprint density at radius 3 is 2.76 bits per heavy atom. The molecule has 220 valence electrons. The zero-order chi connectivity index (χ0) is 29.1. The molecule has 8 nitrogen and oxygen atoms in total. The Bertz CT molecular complexity index is 1260. The van der Waals surface area contributed by atoms with Crippen molar-refractivity contribution < 1.29 is 19.8 Å². The van der Waals surface area contributed by atoms with Gasteiger partial charge in [-0.3, -0.25) is 14.6 Å². The maximum atomic E-state index is 13.8. The number of nitrogens with zero attached hydrogens (tertiary/aromatic N) is 2. The Balaban J connectivity index is 1.25. The molecule has 1 amide bonds. The van der Waals surface area contributed by atoms with Crippen LogP contribution in [0.2, 0.25) is 0 Å². The van der Waals surface area contributed by atoms with Gasteiger partial charge in [-0.25, -0.2) is 0 Å². The molecule has 1 aliphatic heterocycles. The van der Waals surface area contributed by atoms with Crippen LogP contribution in [0.3, 0.4) is 0 Å². The molecule has 4 aliphatic rings. The lowest BCUT2D eigenvalue weighted by Gasteiger charge is -2.62. The number of rotatable bonds is 9. The SMILES string of the molecule is CC(O)C1[C@H](CO)ON(Cc2cccc(C#CCNCc3ccccn3)c2)[C@@H]1C(=O)N[C@H]1C[C@H]2C[C@H]([C@@H]1C)C2(C)C. The number of fused-ring (bicyclic) bond motifs is 2. The summed E-state index contributed by atoms with van der Waals surface area (Å²) in [5.74, 6) is 7.29. The maximum Gasteiger partial charge on any atom is 0.240 e. The zero-order valence-electron chi connectivity index (χ0n) is 24.6. The van der Waals surface area contributed by atoms with Crippen LogP contribution in [0.25, 0.3) is 0 Å². The second kappa shape index (κ2) is 12.6. The Hall–Kier alpha value is -2.80. The molecule has 1 aromatic carbocycles. The average Bonchev–Trinajstić information content (AvgIpc) is 3.33. The van der Waals surface area contributed by atoms with Gasteiger partial charge in [-0.15, -0.1) is 0 Å². The summed E-state index contributed by atoms with van der Waals surface area (Å²) < 4.78 is 0. The van der Waals surface area contributed by atoms with Crippen LogP contribution in [0.4, 0.5) is 0 Å². The lowest BCUT2D eigenvalue weighted by molar-refractivity contribution is -0.183. The number of hydrogen-bond donors (Lipinski definition) is 4. The summed E-state index contributed by atoms with van der Waals surface area (Å²) in [5.41, 5.74) is 3.10. The van der Waals surface area contributed by atoms with Gasteiger partial charge in [-0.1, -0.05) is 50.8 Å². The normalized spacial score (nSPS) is 31.0. The van der Waals surface area contributed by atoms with Gasteiger partial charge in [0, 0.05) is 30.3 Å². The molecule has 41 heavy (non-hydrogen) atoms.